The monoisotopic (exact) mass is 314 g/mol. The van der Waals surface area contributed by atoms with Crippen molar-refractivity contribution in [2.75, 3.05) is 11.9 Å². The highest BCUT2D eigenvalue weighted by Crippen LogP contribution is 2.26. The molecule has 4 nitrogen and oxygen atoms in total. The fraction of sp³-hybridized carbons (Fsp3) is 0.846. The van der Waals surface area contributed by atoms with Crippen LogP contribution in [0.5, 0.6) is 0 Å². The first-order valence-corrected chi connectivity index (χ1v) is 7.90. The van der Waals surface area contributed by atoms with Gasteiger partial charge < -0.3 is 0 Å². The third-order valence-electron chi connectivity index (χ3n) is 3.73. The summed E-state index contributed by atoms with van der Waals surface area (Å²) in [5.41, 5.74) is 0. The lowest BCUT2D eigenvalue weighted by molar-refractivity contribution is 0.232. The average molecular weight is 315 g/mol. The van der Waals surface area contributed by atoms with Crippen LogP contribution in [-0.4, -0.2) is 37.6 Å². The maximum atomic E-state index is 4.42. The van der Waals surface area contributed by atoms with E-state index in [0.29, 0.717) is 12.0 Å². The number of hydrogen-bond acceptors (Lipinski definition) is 3. The van der Waals surface area contributed by atoms with Crippen LogP contribution >= 0.6 is 15.9 Å². The highest BCUT2D eigenvalue weighted by Gasteiger charge is 2.30. The minimum Gasteiger partial charge on any atom is -0.292 e. The van der Waals surface area contributed by atoms with E-state index in [1.165, 1.54) is 13.0 Å². The minimum absolute atomic E-state index is 0.606. The van der Waals surface area contributed by atoms with Crippen LogP contribution in [0.2, 0.25) is 0 Å². The Kier molecular flexibility index (Phi) is 4.78. The molecule has 2 heterocycles. The molecule has 18 heavy (non-hydrogen) atoms. The predicted octanol–water partition coefficient (Wildman–Crippen LogP) is 2.54. The van der Waals surface area contributed by atoms with E-state index >= 15 is 0 Å². The predicted molar refractivity (Wildman–Crippen MR) is 76.6 cm³/mol. The molecule has 2 unspecified atom stereocenters. The van der Waals surface area contributed by atoms with Crippen molar-refractivity contribution in [2.24, 2.45) is 11.8 Å². The van der Waals surface area contributed by atoms with Crippen LogP contribution in [0.1, 0.15) is 33.0 Å². The molecular formula is C13H23BrN4. The second kappa shape index (κ2) is 6.15. The second-order valence-electron chi connectivity index (χ2n) is 5.71. The van der Waals surface area contributed by atoms with E-state index in [1.807, 2.05) is 0 Å². The summed E-state index contributed by atoms with van der Waals surface area (Å²) in [7, 11) is 0. The lowest BCUT2D eigenvalue weighted by Crippen LogP contribution is -2.34. The molecule has 0 aliphatic carbocycles. The summed E-state index contributed by atoms with van der Waals surface area (Å²) in [5, 5.41) is 5.38. The van der Waals surface area contributed by atoms with Gasteiger partial charge in [0.1, 0.15) is 12.2 Å². The van der Waals surface area contributed by atoms with Gasteiger partial charge in [-0.15, -0.1) is 0 Å². The first kappa shape index (κ1) is 14.0. The standard InChI is InChI=1S/C13H23BrN4/c1-10(2)7-18-13(15-9-16-18)8-17-5-4-11(3)12(17)6-14/h9-12H,4-8H2,1-3H3. The van der Waals surface area contributed by atoms with Crippen LogP contribution < -0.4 is 0 Å². The van der Waals surface area contributed by atoms with Crippen LogP contribution in [0.25, 0.3) is 0 Å². The average Bonchev–Trinajstić information content (AvgIpc) is 2.87. The van der Waals surface area contributed by atoms with Gasteiger partial charge in [-0.05, 0) is 24.8 Å². The summed E-state index contributed by atoms with van der Waals surface area (Å²) < 4.78 is 2.05. The van der Waals surface area contributed by atoms with Crippen molar-refractivity contribution in [3.8, 4) is 0 Å². The Morgan fingerprint density at radius 1 is 1.50 bits per heavy atom. The van der Waals surface area contributed by atoms with Gasteiger partial charge in [0.2, 0.25) is 0 Å². The highest BCUT2D eigenvalue weighted by atomic mass is 79.9. The normalized spacial score (nSPS) is 25.2. The Bertz CT molecular complexity index is 377. The number of rotatable bonds is 5. The van der Waals surface area contributed by atoms with Gasteiger partial charge in [-0.2, -0.15) is 5.10 Å². The molecule has 0 radical (unpaired) electrons. The lowest BCUT2D eigenvalue weighted by Gasteiger charge is -2.24. The fourth-order valence-electron chi connectivity index (χ4n) is 2.62. The molecule has 0 saturated carbocycles. The largest absolute Gasteiger partial charge is 0.292 e. The first-order chi connectivity index (χ1) is 8.61. The van der Waals surface area contributed by atoms with E-state index in [9.17, 15) is 0 Å². The van der Waals surface area contributed by atoms with Gasteiger partial charge in [-0.1, -0.05) is 36.7 Å². The third-order valence-corrected chi connectivity index (χ3v) is 4.40. The van der Waals surface area contributed by atoms with Crippen molar-refractivity contribution in [1.29, 1.82) is 0 Å². The van der Waals surface area contributed by atoms with Crippen molar-refractivity contribution in [1.82, 2.24) is 19.7 Å². The Morgan fingerprint density at radius 2 is 2.28 bits per heavy atom. The van der Waals surface area contributed by atoms with Crippen LogP contribution in [0.15, 0.2) is 6.33 Å². The lowest BCUT2D eigenvalue weighted by atomic mass is 10.1. The van der Waals surface area contributed by atoms with Crippen molar-refractivity contribution < 1.29 is 0 Å². The number of hydrogen-bond donors (Lipinski definition) is 0. The van der Waals surface area contributed by atoms with Crippen molar-refractivity contribution in [2.45, 2.75) is 46.3 Å². The second-order valence-corrected chi connectivity index (χ2v) is 6.36. The number of likely N-dealkylation sites (tertiary alicyclic amines) is 1. The summed E-state index contributed by atoms with van der Waals surface area (Å²) in [5.74, 6) is 2.48. The quantitative estimate of drug-likeness (QED) is 0.783. The highest BCUT2D eigenvalue weighted by molar-refractivity contribution is 9.09. The molecule has 1 aromatic rings. The Hall–Kier alpha value is -0.420. The zero-order valence-electron chi connectivity index (χ0n) is 11.5. The Morgan fingerprint density at radius 3 is 2.94 bits per heavy atom. The minimum atomic E-state index is 0.606. The molecule has 0 spiro atoms. The molecule has 1 aromatic heterocycles. The topological polar surface area (TPSA) is 34.0 Å². The van der Waals surface area contributed by atoms with Crippen molar-refractivity contribution in [3.05, 3.63) is 12.2 Å². The van der Waals surface area contributed by atoms with Gasteiger partial charge in [-0.25, -0.2) is 9.67 Å². The maximum absolute atomic E-state index is 4.42. The van der Waals surface area contributed by atoms with E-state index in [2.05, 4.69) is 56.4 Å². The van der Waals surface area contributed by atoms with E-state index in [1.54, 1.807) is 6.33 Å². The molecule has 5 heteroatoms. The summed E-state index contributed by atoms with van der Waals surface area (Å²) >= 11 is 3.64. The molecule has 1 saturated heterocycles. The molecule has 1 fully saturated rings. The first-order valence-electron chi connectivity index (χ1n) is 6.78. The van der Waals surface area contributed by atoms with E-state index < -0.39 is 0 Å². The van der Waals surface area contributed by atoms with Gasteiger partial charge >= 0.3 is 0 Å². The summed E-state index contributed by atoms with van der Waals surface area (Å²) in [4.78, 5) is 6.95. The SMILES string of the molecule is CC(C)Cn1ncnc1CN1CCC(C)C1CBr. The zero-order chi connectivity index (χ0) is 13.1. The molecule has 1 aliphatic rings. The van der Waals surface area contributed by atoms with E-state index in [0.717, 1.165) is 30.2 Å². The molecular weight excluding hydrogens is 292 g/mol. The molecule has 0 aromatic carbocycles. The van der Waals surface area contributed by atoms with Crippen LogP contribution in [0, 0.1) is 11.8 Å². The maximum Gasteiger partial charge on any atom is 0.141 e. The number of halogens is 1. The molecule has 0 amide bonds. The van der Waals surface area contributed by atoms with Gasteiger partial charge in [0, 0.05) is 17.9 Å². The Balaban J connectivity index is 2.03. The van der Waals surface area contributed by atoms with Gasteiger partial charge in [0.15, 0.2) is 0 Å². The summed E-state index contributed by atoms with van der Waals surface area (Å²) in [6.07, 6.45) is 2.97. The summed E-state index contributed by atoms with van der Waals surface area (Å²) in [6, 6.07) is 0.634. The summed E-state index contributed by atoms with van der Waals surface area (Å²) in [6.45, 7) is 9.82. The van der Waals surface area contributed by atoms with Gasteiger partial charge in [-0.3, -0.25) is 4.90 Å². The molecule has 0 N–H and O–H groups in total. The molecule has 0 bridgehead atoms. The third kappa shape index (κ3) is 3.12. The van der Waals surface area contributed by atoms with Crippen LogP contribution in [0.4, 0.5) is 0 Å². The van der Waals surface area contributed by atoms with E-state index in [-0.39, 0.29) is 0 Å². The van der Waals surface area contributed by atoms with Gasteiger partial charge in [0.05, 0.1) is 6.54 Å². The molecule has 1 aliphatic heterocycles. The van der Waals surface area contributed by atoms with Crippen molar-refractivity contribution in [3.63, 3.8) is 0 Å². The number of alkyl halides is 1. The van der Waals surface area contributed by atoms with Crippen LogP contribution in [0.3, 0.4) is 0 Å². The molecule has 2 rings (SSSR count). The van der Waals surface area contributed by atoms with E-state index in [4.69, 9.17) is 0 Å². The molecule has 2 atom stereocenters. The number of nitrogens with zero attached hydrogens (tertiary/aromatic N) is 4. The smallest absolute Gasteiger partial charge is 0.141 e. The van der Waals surface area contributed by atoms with Crippen molar-refractivity contribution >= 4 is 15.9 Å². The number of aromatic nitrogens is 3. The fourth-order valence-corrected chi connectivity index (χ4v) is 3.67. The zero-order valence-corrected chi connectivity index (χ0v) is 13.1. The van der Waals surface area contributed by atoms with Gasteiger partial charge in [0.25, 0.3) is 0 Å². The Labute approximate surface area is 118 Å². The molecule has 102 valence electrons. The van der Waals surface area contributed by atoms with Crippen LogP contribution in [-0.2, 0) is 13.1 Å².